The molecule has 0 saturated heterocycles. The highest BCUT2D eigenvalue weighted by atomic mass is 32.2. The Morgan fingerprint density at radius 1 is 1.35 bits per heavy atom. The van der Waals surface area contributed by atoms with Crippen LogP contribution in [0, 0.1) is 5.82 Å². The summed E-state index contributed by atoms with van der Waals surface area (Å²) in [4.78, 5) is 20.5. The van der Waals surface area contributed by atoms with E-state index in [9.17, 15) is 22.4 Å². The summed E-state index contributed by atoms with van der Waals surface area (Å²) >= 11 is 1.34. The maximum absolute atomic E-state index is 14.6. The Bertz CT molecular complexity index is 1050. The van der Waals surface area contributed by atoms with Gasteiger partial charge in [0.2, 0.25) is 5.96 Å². The van der Waals surface area contributed by atoms with Crippen LogP contribution in [0.25, 0.3) is 0 Å². The first-order valence-corrected chi connectivity index (χ1v) is 9.83. The number of amides is 1. The van der Waals surface area contributed by atoms with Crippen molar-refractivity contribution < 1.29 is 27.1 Å². The zero-order valence-electron chi connectivity index (χ0n) is 16.7. The number of nitrogens with zero attached hydrogens (tertiary/aromatic N) is 3. The number of carbonyl (C=O) groups excluding carboxylic acids is 1. The summed E-state index contributed by atoms with van der Waals surface area (Å²) < 4.78 is 61.1. The number of methoxy groups -OCH3 is 1. The van der Waals surface area contributed by atoms with E-state index in [0.29, 0.717) is 11.8 Å². The number of aliphatic imine (C=N–C) groups is 1. The van der Waals surface area contributed by atoms with Crippen molar-refractivity contribution in [2.24, 2.45) is 10.7 Å². The topological polar surface area (TPSA) is 92.8 Å². The Morgan fingerprint density at radius 2 is 2.06 bits per heavy atom. The molecule has 0 bridgehead atoms. The third kappa shape index (κ3) is 4.68. The number of alkyl halides is 3. The van der Waals surface area contributed by atoms with Crippen LogP contribution in [0.1, 0.15) is 28.5 Å². The number of aromatic nitrogens is 1. The van der Waals surface area contributed by atoms with E-state index in [1.54, 1.807) is 18.3 Å². The lowest BCUT2D eigenvalue weighted by atomic mass is 9.93. The van der Waals surface area contributed by atoms with E-state index in [1.807, 2.05) is 0 Å². The molecule has 0 fully saturated rings. The summed E-state index contributed by atoms with van der Waals surface area (Å²) in [6, 6.07) is 4.36. The summed E-state index contributed by atoms with van der Waals surface area (Å²) in [5, 5.41) is 2.35. The normalized spacial score (nSPS) is 19.1. The van der Waals surface area contributed by atoms with Gasteiger partial charge in [-0.25, -0.2) is 14.4 Å². The number of halogens is 4. The molecule has 166 valence electrons. The number of nitrogens with two attached hydrogens (primary N) is 1. The number of pyridine rings is 1. The molecule has 3 rings (SSSR count). The van der Waals surface area contributed by atoms with E-state index in [1.165, 1.54) is 31.2 Å². The van der Waals surface area contributed by atoms with E-state index < -0.39 is 34.7 Å². The molecule has 0 unspecified atom stereocenters. The summed E-state index contributed by atoms with van der Waals surface area (Å²) in [6.45, 7) is 1.68. The van der Waals surface area contributed by atoms with Gasteiger partial charge in [0, 0.05) is 24.1 Å². The molecule has 0 saturated carbocycles. The van der Waals surface area contributed by atoms with Gasteiger partial charge in [-0.1, -0.05) is 0 Å². The molecule has 1 atom stereocenters. The standard InChI is InChI=1S/C19H19F4N5O2S/c1-18(9-31-28(2)17(24)27-18)12-6-10(4-5-14(12)20)26-16(29)15-13(19(21,22)23)7-11(30-3)8-25-15/h4-8H,9H2,1-3H3,(H2,24,27)(H,26,29)/t18-/m0/s1. The first-order valence-electron chi connectivity index (χ1n) is 8.89. The minimum absolute atomic E-state index is 0.0890. The average Bonchev–Trinajstić information content (AvgIpc) is 2.71. The van der Waals surface area contributed by atoms with Gasteiger partial charge in [0.25, 0.3) is 5.91 Å². The predicted molar refractivity (Wildman–Crippen MR) is 109 cm³/mol. The van der Waals surface area contributed by atoms with Crippen molar-refractivity contribution in [2.45, 2.75) is 18.6 Å². The van der Waals surface area contributed by atoms with Crippen molar-refractivity contribution in [3.8, 4) is 5.75 Å². The fraction of sp³-hybridized carbons (Fsp3) is 0.316. The summed E-state index contributed by atoms with van der Waals surface area (Å²) in [5.41, 5.74) is 2.99. The van der Waals surface area contributed by atoms with Gasteiger partial charge in [0.15, 0.2) is 0 Å². The number of guanidine groups is 1. The molecule has 31 heavy (non-hydrogen) atoms. The Labute approximate surface area is 179 Å². The number of hydrogen-bond donors (Lipinski definition) is 2. The van der Waals surface area contributed by atoms with E-state index >= 15 is 0 Å². The number of ether oxygens (including phenoxy) is 1. The molecule has 2 heterocycles. The summed E-state index contributed by atoms with van der Waals surface area (Å²) in [7, 11) is 2.91. The zero-order chi connectivity index (χ0) is 23.0. The third-order valence-electron chi connectivity index (χ3n) is 4.65. The molecule has 1 aromatic carbocycles. The highest BCUT2D eigenvalue weighted by Crippen LogP contribution is 2.37. The molecule has 0 spiro atoms. The Balaban J connectivity index is 1.95. The lowest BCUT2D eigenvalue weighted by Crippen LogP contribution is -2.40. The predicted octanol–water partition coefficient (Wildman–Crippen LogP) is 3.62. The van der Waals surface area contributed by atoms with Crippen LogP contribution in [0.3, 0.4) is 0 Å². The van der Waals surface area contributed by atoms with Gasteiger partial charge in [-0.2, -0.15) is 13.2 Å². The lowest BCUT2D eigenvalue weighted by molar-refractivity contribution is -0.138. The van der Waals surface area contributed by atoms with E-state index in [0.717, 1.165) is 12.3 Å². The average molecular weight is 457 g/mol. The molecule has 0 radical (unpaired) electrons. The van der Waals surface area contributed by atoms with Crippen LogP contribution < -0.4 is 15.8 Å². The van der Waals surface area contributed by atoms with Crippen LogP contribution in [0.15, 0.2) is 35.5 Å². The van der Waals surface area contributed by atoms with Crippen LogP contribution in [0.5, 0.6) is 5.75 Å². The second kappa shape index (κ2) is 8.25. The molecule has 1 aliphatic rings. The highest BCUT2D eigenvalue weighted by Gasteiger charge is 2.37. The van der Waals surface area contributed by atoms with Gasteiger partial charge in [-0.05, 0) is 43.1 Å². The number of hydrogen-bond acceptors (Lipinski definition) is 7. The van der Waals surface area contributed by atoms with Crippen molar-refractivity contribution in [1.82, 2.24) is 9.29 Å². The van der Waals surface area contributed by atoms with Crippen molar-refractivity contribution in [1.29, 1.82) is 0 Å². The first-order chi connectivity index (χ1) is 14.4. The molecular weight excluding hydrogens is 438 g/mol. The van der Waals surface area contributed by atoms with Crippen molar-refractivity contribution >= 4 is 29.5 Å². The monoisotopic (exact) mass is 457 g/mol. The maximum Gasteiger partial charge on any atom is 0.418 e. The summed E-state index contributed by atoms with van der Waals surface area (Å²) in [6.07, 6.45) is -3.82. The number of anilines is 1. The molecule has 1 amide bonds. The van der Waals surface area contributed by atoms with Crippen molar-refractivity contribution in [3.05, 3.63) is 53.1 Å². The molecule has 7 nitrogen and oxygen atoms in total. The Kier molecular flexibility index (Phi) is 6.03. The van der Waals surface area contributed by atoms with Gasteiger partial charge >= 0.3 is 6.18 Å². The molecule has 12 heteroatoms. The van der Waals surface area contributed by atoms with Crippen LogP contribution in [0.4, 0.5) is 23.2 Å². The fourth-order valence-corrected chi connectivity index (χ4v) is 3.78. The SMILES string of the molecule is COc1cnc(C(=O)Nc2ccc(F)c([C@]3(C)CSN(C)C(N)=N3)c2)c(C(F)(F)F)c1. The molecule has 1 aromatic heterocycles. The minimum atomic E-state index is -4.83. The molecular formula is C19H19F4N5O2S. The van der Waals surface area contributed by atoms with Crippen LogP contribution in [-0.2, 0) is 11.7 Å². The van der Waals surface area contributed by atoms with Gasteiger partial charge < -0.3 is 15.8 Å². The van der Waals surface area contributed by atoms with Crippen molar-refractivity contribution in [3.63, 3.8) is 0 Å². The van der Waals surface area contributed by atoms with Crippen molar-refractivity contribution in [2.75, 3.05) is 25.2 Å². The fourth-order valence-electron chi connectivity index (χ4n) is 2.94. The lowest BCUT2D eigenvalue weighted by Gasteiger charge is -2.34. The smallest absolute Gasteiger partial charge is 0.418 e. The van der Waals surface area contributed by atoms with E-state index in [-0.39, 0.29) is 23.0 Å². The quantitative estimate of drug-likeness (QED) is 0.538. The second-order valence-electron chi connectivity index (χ2n) is 6.93. The van der Waals surface area contributed by atoms with Crippen LogP contribution >= 0.6 is 11.9 Å². The first kappa shape index (κ1) is 22.7. The number of nitrogens with one attached hydrogen (secondary N) is 1. The highest BCUT2D eigenvalue weighted by molar-refractivity contribution is 7.97. The van der Waals surface area contributed by atoms with Gasteiger partial charge in [0.1, 0.15) is 22.8 Å². The number of benzene rings is 1. The van der Waals surface area contributed by atoms with Crippen LogP contribution in [-0.4, -0.2) is 41.1 Å². The molecule has 3 N–H and O–H groups in total. The van der Waals surface area contributed by atoms with Gasteiger partial charge in [-0.3, -0.25) is 9.10 Å². The Hall–Kier alpha value is -3.02. The summed E-state index contributed by atoms with van der Waals surface area (Å²) in [5.74, 6) is -1.25. The van der Waals surface area contributed by atoms with E-state index in [2.05, 4.69) is 15.3 Å². The maximum atomic E-state index is 14.6. The van der Waals surface area contributed by atoms with Gasteiger partial charge in [0.05, 0.1) is 18.9 Å². The molecule has 2 aromatic rings. The Morgan fingerprint density at radius 3 is 2.68 bits per heavy atom. The largest absolute Gasteiger partial charge is 0.495 e. The van der Waals surface area contributed by atoms with Crippen LogP contribution in [0.2, 0.25) is 0 Å². The zero-order valence-corrected chi connectivity index (χ0v) is 17.6. The van der Waals surface area contributed by atoms with E-state index in [4.69, 9.17) is 10.5 Å². The molecule has 0 aliphatic carbocycles. The number of carbonyl (C=O) groups is 1. The number of rotatable bonds is 4. The van der Waals surface area contributed by atoms with Gasteiger partial charge in [-0.15, -0.1) is 0 Å². The third-order valence-corrected chi connectivity index (χ3v) is 5.91. The molecule has 1 aliphatic heterocycles. The minimum Gasteiger partial charge on any atom is -0.495 e. The second-order valence-corrected chi connectivity index (χ2v) is 8.03.